The van der Waals surface area contributed by atoms with Crippen molar-refractivity contribution >= 4 is 5.69 Å². The molecule has 1 spiro atoms. The number of benzene rings is 1. The van der Waals surface area contributed by atoms with Crippen LogP contribution in [0.25, 0.3) is 0 Å². The Kier molecular flexibility index (Phi) is 4.43. The van der Waals surface area contributed by atoms with Crippen LogP contribution in [0.1, 0.15) is 75.3 Å². The van der Waals surface area contributed by atoms with E-state index in [2.05, 4.69) is 43.0 Å². The molecule has 22 heavy (non-hydrogen) atoms. The van der Waals surface area contributed by atoms with E-state index in [0.717, 1.165) is 13.0 Å². The molecule has 1 aromatic carbocycles. The van der Waals surface area contributed by atoms with Crippen molar-refractivity contribution in [2.24, 2.45) is 0 Å². The summed E-state index contributed by atoms with van der Waals surface area (Å²) in [6.07, 6.45) is 9.72. The Morgan fingerprint density at radius 1 is 1.27 bits per heavy atom. The fourth-order valence-corrected chi connectivity index (χ4v) is 4.72. The third-order valence-electron chi connectivity index (χ3n) is 5.72. The van der Waals surface area contributed by atoms with Crippen LogP contribution in [0.3, 0.4) is 0 Å². The van der Waals surface area contributed by atoms with Gasteiger partial charge >= 0.3 is 0 Å². The highest BCUT2D eigenvalue weighted by atomic mass is 15.2. The van der Waals surface area contributed by atoms with Gasteiger partial charge in [0.15, 0.2) is 0 Å². The standard InChI is InChI=1S/C20H28N2/c1-16-8-9-19-18(14-16)17(2)15-20(10-4-3-5-11-20)22(19)13-7-6-12-21/h8-9,14,17H,3-7,10-11,13,15H2,1-2H3. The molecule has 1 aromatic rings. The third-order valence-corrected chi connectivity index (χ3v) is 5.72. The molecule has 1 heterocycles. The van der Waals surface area contributed by atoms with Crippen LogP contribution in [0.4, 0.5) is 5.69 Å². The van der Waals surface area contributed by atoms with E-state index in [4.69, 9.17) is 5.26 Å². The van der Waals surface area contributed by atoms with Crippen molar-refractivity contribution < 1.29 is 0 Å². The zero-order valence-electron chi connectivity index (χ0n) is 14.1. The van der Waals surface area contributed by atoms with Gasteiger partial charge in [0.1, 0.15) is 0 Å². The van der Waals surface area contributed by atoms with Gasteiger partial charge in [0, 0.05) is 24.2 Å². The molecule has 0 bridgehead atoms. The number of fused-ring (bicyclic) bond motifs is 1. The Balaban J connectivity index is 1.97. The van der Waals surface area contributed by atoms with E-state index in [1.165, 1.54) is 55.3 Å². The Hall–Kier alpha value is -1.49. The molecule has 118 valence electrons. The Morgan fingerprint density at radius 2 is 2.05 bits per heavy atom. The Bertz CT molecular complexity index is 564. The molecule has 1 fully saturated rings. The molecule has 0 radical (unpaired) electrons. The van der Waals surface area contributed by atoms with Crippen LogP contribution in [0.5, 0.6) is 0 Å². The van der Waals surface area contributed by atoms with Crippen LogP contribution in [0, 0.1) is 18.3 Å². The largest absolute Gasteiger partial charge is 0.366 e. The molecule has 0 amide bonds. The molecule has 3 rings (SSSR count). The maximum Gasteiger partial charge on any atom is 0.0622 e. The van der Waals surface area contributed by atoms with Gasteiger partial charge in [-0.05, 0) is 50.2 Å². The molecule has 1 aliphatic heterocycles. The molecule has 1 atom stereocenters. The molecule has 1 aliphatic carbocycles. The van der Waals surface area contributed by atoms with Gasteiger partial charge in [-0.15, -0.1) is 0 Å². The first-order valence-electron chi connectivity index (χ1n) is 8.91. The second kappa shape index (κ2) is 6.32. The highest BCUT2D eigenvalue weighted by Crippen LogP contribution is 2.49. The normalized spacial score (nSPS) is 23.1. The van der Waals surface area contributed by atoms with Crippen LogP contribution < -0.4 is 4.90 Å². The van der Waals surface area contributed by atoms with E-state index in [-0.39, 0.29) is 0 Å². The maximum atomic E-state index is 8.90. The van der Waals surface area contributed by atoms with Crippen molar-refractivity contribution in [3.8, 4) is 6.07 Å². The zero-order chi connectivity index (χ0) is 15.6. The second-order valence-electron chi connectivity index (χ2n) is 7.37. The van der Waals surface area contributed by atoms with Gasteiger partial charge in [-0.2, -0.15) is 5.26 Å². The van der Waals surface area contributed by atoms with E-state index in [1.54, 1.807) is 0 Å². The number of rotatable bonds is 3. The SMILES string of the molecule is Cc1ccc2c(c1)C(C)CC1(CCCCC1)N2CCCC#N. The van der Waals surface area contributed by atoms with Crippen LogP contribution in [0.2, 0.25) is 0 Å². The van der Waals surface area contributed by atoms with E-state index >= 15 is 0 Å². The lowest BCUT2D eigenvalue weighted by molar-refractivity contribution is 0.233. The summed E-state index contributed by atoms with van der Waals surface area (Å²) in [7, 11) is 0. The summed E-state index contributed by atoms with van der Waals surface area (Å²) in [6, 6.07) is 9.29. The first-order chi connectivity index (χ1) is 10.7. The highest BCUT2D eigenvalue weighted by molar-refractivity contribution is 5.61. The predicted molar refractivity (Wildman–Crippen MR) is 92.2 cm³/mol. The number of anilines is 1. The third kappa shape index (κ3) is 2.74. The number of aryl methyl sites for hydroxylation is 1. The summed E-state index contributed by atoms with van der Waals surface area (Å²) in [5.41, 5.74) is 4.69. The number of nitrogens with zero attached hydrogens (tertiary/aromatic N) is 2. The fourth-order valence-electron chi connectivity index (χ4n) is 4.72. The number of nitriles is 1. The molecule has 1 unspecified atom stereocenters. The molecule has 0 N–H and O–H groups in total. The van der Waals surface area contributed by atoms with Crippen LogP contribution >= 0.6 is 0 Å². The summed E-state index contributed by atoms with van der Waals surface area (Å²) in [6.45, 7) is 5.63. The minimum Gasteiger partial charge on any atom is -0.366 e. The first kappa shape index (κ1) is 15.4. The van der Waals surface area contributed by atoms with Crippen molar-refractivity contribution in [3.05, 3.63) is 29.3 Å². The van der Waals surface area contributed by atoms with Crippen molar-refractivity contribution in [3.63, 3.8) is 0 Å². The van der Waals surface area contributed by atoms with E-state index < -0.39 is 0 Å². The minimum absolute atomic E-state index is 0.357. The smallest absolute Gasteiger partial charge is 0.0622 e. The fraction of sp³-hybridized carbons (Fsp3) is 0.650. The minimum atomic E-state index is 0.357. The molecule has 2 heteroatoms. The maximum absolute atomic E-state index is 8.90. The van der Waals surface area contributed by atoms with Gasteiger partial charge in [0.05, 0.1) is 6.07 Å². The Labute approximate surface area is 135 Å². The lowest BCUT2D eigenvalue weighted by Gasteiger charge is -2.53. The molecular weight excluding hydrogens is 268 g/mol. The zero-order valence-corrected chi connectivity index (χ0v) is 14.1. The van der Waals surface area contributed by atoms with Gasteiger partial charge in [0.2, 0.25) is 0 Å². The van der Waals surface area contributed by atoms with Gasteiger partial charge < -0.3 is 4.90 Å². The number of unbranched alkanes of at least 4 members (excludes halogenated alkanes) is 1. The van der Waals surface area contributed by atoms with Crippen molar-refractivity contribution in [2.75, 3.05) is 11.4 Å². The van der Waals surface area contributed by atoms with Crippen molar-refractivity contribution in [1.29, 1.82) is 5.26 Å². The van der Waals surface area contributed by atoms with Gasteiger partial charge in [0.25, 0.3) is 0 Å². The quantitative estimate of drug-likeness (QED) is 0.706. The molecule has 2 nitrogen and oxygen atoms in total. The van der Waals surface area contributed by atoms with E-state index in [0.29, 0.717) is 17.9 Å². The van der Waals surface area contributed by atoms with Crippen molar-refractivity contribution in [1.82, 2.24) is 0 Å². The molecule has 2 aliphatic rings. The molecule has 0 saturated heterocycles. The summed E-state index contributed by atoms with van der Waals surface area (Å²) in [5.74, 6) is 0.653. The van der Waals surface area contributed by atoms with Gasteiger partial charge in [-0.1, -0.05) is 43.9 Å². The topological polar surface area (TPSA) is 27.0 Å². The lowest BCUT2D eigenvalue weighted by Crippen LogP contribution is -2.54. The number of hydrogen-bond acceptors (Lipinski definition) is 2. The van der Waals surface area contributed by atoms with Gasteiger partial charge in [-0.25, -0.2) is 0 Å². The average molecular weight is 296 g/mol. The summed E-state index contributed by atoms with van der Waals surface area (Å²) >= 11 is 0. The monoisotopic (exact) mass is 296 g/mol. The van der Waals surface area contributed by atoms with Crippen LogP contribution in [-0.4, -0.2) is 12.1 Å². The lowest BCUT2D eigenvalue weighted by atomic mass is 9.70. The second-order valence-corrected chi connectivity index (χ2v) is 7.37. The van der Waals surface area contributed by atoms with E-state index in [9.17, 15) is 0 Å². The predicted octanol–water partition coefficient (Wildman–Crippen LogP) is 5.32. The summed E-state index contributed by atoms with van der Waals surface area (Å²) in [5, 5.41) is 8.90. The highest BCUT2D eigenvalue weighted by Gasteiger charge is 2.43. The van der Waals surface area contributed by atoms with Crippen molar-refractivity contribution in [2.45, 2.75) is 76.7 Å². The van der Waals surface area contributed by atoms with E-state index in [1.807, 2.05) is 0 Å². The molecular formula is C20H28N2. The molecule has 0 aromatic heterocycles. The first-order valence-corrected chi connectivity index (χ1v) is 8.91. The molecule has 1 saturated carbocycles. The van der Waals surface area contributed by atoms with Crippen LogP contribution in [-0.2, 0) is 0 Å². The summed E-state index contributed by atoms with van der Waals surface area (Å²) < 4.78 is 0. The average Bonchev–Trinajstić information content (AvgIpc) is 2.52. The number of hydrogen-bond donors (Lipinski definition) is 0. The Morgan fingerprint density at radius 3 is 2.77 bits per heavy atom. The van der Waals surface area contributed by atoms with Crippen LogP contribution in [0.15, 0.2) is 18.2 Å². The van der Waals surface area contributed by atoms with Gasteiger partial charge in [-0.3, -0.25) is 0 Å². The summed E-state index contributed by atoms with van der Waals surface area (Å²) in [4.78, 5) is 2.69.